The van der Waals surface area contributed by atoms with Gasteiger partial charge in [-0.25, -0.2) is 0 Å². The third kappa shape index (κ3) is 3.38. The fourth-order valence-electron chi connectivity index (χ4n) is 3.07. The molecule has 2 N–H and O–H groups in total. The van der Waals surface area contributed by atoms with Crippen LogP contribution >= 0.6 is 11.8 Å². The van der Waals surface area contributed by atoms with Crippen molar-refractivity contribution in [2.75, 3.05) is 31.1 Å². The van der Waals surface area contributed by atoms with Crippen molar-refractivity contribution in [3.05, 3.63) is 0 Å². The molecule has 2 atom stereocenters. The van der Waals surface area contributed by atoms with Gasteiger partial charge >= 0.3 is 0 Å². The lowest BCUT2D eigenvalue weighted by Gasteiger charge is -2.42. The van der Waals surface area contributed by atoms with Crippen molar-refractivity contribution in [1.82, 2.24) is 4.90 Å². The number of thioether (sulfide) groups is 1. The Bertz CT molecular complexity index is 224. The summed E-state index contributed by atoms with van der Waals surface area (Å²) in [6, 6.07) is 0.447. The van der Waals surface area contributed by atoms with Crippen molar-refractivity contribution in [1.29, 1.82) is 0 Å². The van der Waals surface area contributed by atoms with Gasteiger partial charge in [0.1, 0.15) is 0 Å². The van der Waals surface area contributed by atoms with Crippen molar-refractivity contribution >= 4 is 11.8 Å². The molecule has 2 rings (SSSR count). The summed E-state index contributed by atoms with van der Waals surface area (Å²) in [5.41, 5.74) is 6.80. The second kappa shape index (κ2) is 5.28. The lowest BCUT2D eigenvalue weighted by Crippen LogP contribution is -2.46. The summed E-state index contributed by atoms with van der Waals surface area (Å²) >= 11 is 2.09. The summed E-state index contributed by atoms with van der Waals surface area (Å²) < 4.78 is 0. The number of hydrogen-bond donors (Lipinski definition) is 1. The van der Waals surface area contributed by atoms with E-state index < -0.39 is 0 Å². The van der Waals surface area contributed by atoms with Crippen molar-refractivity contribution in [3.63, 3.8) is 0 Å². The molecule has 0 radical (unpaired) electrons. The van der Waals surface area contributed by atoms with E-state index in [9.17, 15) is 0 Å². The molecule has 0 aromatic carbocycles. The third-order valence-electron chi connectivity index (χ3n) is 4.17. The topological polar surface area (TPSA) is 29.3 Å². The Morgan fingerprint density at radius 2 is 2.00 bits per heavy atom. The first-order valence-electron chi connectivity index (χ1n) is 6.62. The summed E-state index contributed by atoms with van der Waals surface area (Å²) in [5.74, 6) is 3.35. The lowest BCUT2D eigenvalue weighted by atomic mass is 9.70. The quantitative estimate of drug-likeness (QED) is 0.805. The van der Waals surface area contributed by atoms with Gasteiger partial charge in [0.25, 0.3) is 0 Å². The van der Waals surface area contributed by atoms with Gasteiger partial charge in [-0.2, -0.15) is 11.8 Å². The number of nitrogens with zero attached hydrogens (tertiary/aromatic N) is 1. The first-order chi connectivity index (χ1) is 7.57. The highest BCUT2D eigenvalue weighted by Crippen LogP contribution is 2.38. The maximum atomic E-state index is 6.29. The summed E-state index contributed by atoms with van der Waals surface area (Å²) in [5, 5.41) is 0. The van der Waals surface area contributed by atoms with Gasteiger partial charge in [-0.3, -0.25) is 0 Å². The summed E-state index contributed by atoms with van der Waals surface area (Å²) in [6.45, 7) is 8.59. The molecule has 0 spiro atoms. The summed E-state index contributed by atoms with van der Waals surface area (Å²) in [4.78, 5) is 2.63. The van der Waals surface area contributed by atoms with Crippen LogP contribution in [0.25, 0.3) is 0 Å². The average Bonchev–Trinajstić information content (AvgIpc) is 2.25. The maximum absolute atomic E-state index is 6.29. The smallest absolute Gasteiger partial charge is 0.00797 e. The third-order valence-corrected chi connectivity index (χ3v) is 5.11. The molecule has 16 heavy (non-hydrogen) atoms. The highest BCUT2D eigenvalue weighted by molar-refractivity contribution is 7.99. The van der Waals surface area contributed by atoms with Crippen LogP contribution in [0.3, 0.4) is 0 Å². The van der Waals surface area contributed by atoms with E-state index in [4.69, 9.17) is 5.73 Å². The zero-order valence-electron chi connectivity index (χ0n) is 10.7. The van der Waals surface area contributed by atoms with Gasteiger partial charge < -0.3 is 10.6 Å². The Balaban J connectivity index is 1.86. The van der Waals surface area contributed by atoms with Crippen LogP contribution in [-0.4, -0.2) is 42.1 Å². The molecule has 1 aliphatic carbocycles. The maximum Gasteiger partial charge on any atom is 0.00797 e. The Morgan fingerprint density at radius 1 is 1.31 bits per heavy atom. The van der Waals surface area contributed by atoms with Crippen LogP contribution in [-0.2, 0) is 0 Å². The Kier molecular flexibility index (Phi) is 4.20. The van der Waals surface area contributed by atoms with Crippen LogP contribution in [0.1, 0.15) is 33.1 Å². The average molecular weight is 242 g/mol. The number of rotatable bonds is 2. The van der Waals surface area contributed by atoms with Crippen LogP contribution in [0.5, 0.6) is 0 Å². The van der Waals surface area contributed by atoms with Crippen LogP contribution < -0.4 is 5.73 Å². The molecule has 0 amide bonds. The Hall–Kier alpha value is 0.270. The van der Waals surface area contributed by atoms with E-state index in [-0.39, 0.29) is 0 Å². The Morgan fingerprint density at radius 3 is 2.69 bits per heavy atom. The van der Waals surface area contributed by atoms with E-state index in [1.54, 1.807) is 0 Å². The minimum absolute atomic E-state index is 0.447. The first kappa shape index (κ1) is 12.7. The number of nitrogens with two attached hydrogens (primary N) is 1. The molecule has 2 aliphatic rings. The largest absolute Gasteiger partial charge is 0.327 e. The monoisotopic (exact) mass is 242 g/mol. The van der Waals surface area contributed by atoms with E-state index >= 15 is 0 Å². The summed E-state index contributed by atoms with van der Waals surface area (Å²) in [7, 11) is 0. The van der Waals surface area contributed by atoms with Gasteiger partial charge in [-0.15, -0.1) is 0 Å². The molecule has 0 aromatic rings. The minimum atomic E-state index is 0.447. The van der Waals surface area contributed by atoms with E-state index in [0.29, 0.717) is 11.5 Å². The molecule has 1 heterocycles. The van der Waals surface area contributed by atoms with Gasteiger partial charge in [0.05, 0.1) is 0 Å². The first-order valence-corrected chi connectivity index (χ1v) is 7.78. The molecular weight excluding hydrogens is 216 g/mol. The predicted molar refractivity (Wildman–Crippen MR) is 72.9 cm³/mol. The Labute approximate surface area is 104 Å². The highest BCUT2D eigenvalue weighted by Gasteiger charge is 2.33. The van der Waals surface area contributed by atoms with E-state index in [1.165, 1.54) is 50.4 Å². The van der Waals surface area contributed by atoms with Gasteiger partial charge in [0.2, 0.25) is 0 Å². The zero-order chi connectivity index (χ0) is 11.6. The minimum Gasteiger partial charge on any atom is -0.327 e. The fourth-order valence-corrected chi connectivity index (χ4v) is 4.05. The van der Waals surface area contributed by atoms with Gasteiger partial charge in [0, 0.05) is 37.2 Å². The van der Waals surface area contributed by atoms with Crippen molar-refractivity contribution in [2.24, 2.45) is 17.1 Å². The molecule has 0 bridgehead atoms. The molecule has 2 unspecified atom stereocenters. The van der Waals surface area contributed by atoms with E-state index in [2.05, 4.69) is 30.5 Å². The lowest BCUT2D eigenvalue weighted by molar-refractivity contribution is 0.119. The van der Waals surface area contributed by atoms with Crippen molar-refractivity contribution < 1.29 is 0 Å². The number of hydrogen-bond acceptors (Lipinski definition) is 3. The fraction of sp³-hybridized carbons (Fsp3) is 1.00. The molecule has 3 heteroatoms. The molecular formula is C13H26N2S. The predicted octanol–water partition coefficient (Wildman–Crippen LogP) is 2.19. The van der Waals surface area contributed by atoms with Crippen LogP contribution in [0, 0.1) is 11.3 Å². The molecule has 1 saturated carbocycles. The normalized spacial score (nSPS) is 36.2. The SMILES string of the molecule is CC1(C)CCC(N)C(CN2CCSCC2)C1. The molecule has 1 saturated heterocycles. The molecule has 2 nitrogen and oxygen atoms in total. The second-order valence-electron chi connectivity index (χ2n) is 6.24. The molecule has 94 valence electrons. The van der Waals surface area contributed by atoms with E-state index in [0.717, 1.165) is 5.92 Å². The standard InChI is InChI=1S/C13H26N2S/c1-13(2)4-3-12(14)11(9-13)10-15-5-7-16-8-6-15/h11-12H,3-10,14H2,1-2H3. The van der Waals surface area contributed by atoms with Gasteiger partial charge in [0.15, 0.2) is 0 Å². The highest BCUT2D eigenvalue weighted by atomic mass is 32.2. The van der Waals surface area contributed by atoms with Crippen LogP contribution in [0.2, 0.25) is 0 Å². The zero-order valence-corrected chi connectivity index (χ0v) is 11.6. The van der Waals surface area contributed by atoms with E-state index in [1.807, 2.05) is 0 Å². The molecule has 0 aromatic heterocycles. The van der Waals surface area contributed by atoms with Gasteiger partial charge in [-0.1, -0.05) is 13.8 Å². The summed E-state index contributed by atoms with van der Waals surface area (Å²) in [6.07, 6.45) is 3.85. The second-order valence-corrected chi connectivity index (χ2v) is 7.47. The van der Waals surface area contributed by atoms with Gasteiger partial charge in [-0.05, 0) is 30.6 Å². The van der Waals surface area contributed by atoms with Crippen LogP contribution in [0.4, 0.5) is 0 Å². The molecule has 2 fully saturated rings. The van der Waals surface area contributed by atoms with Crippen molar-refractivity contribution in [2.45, 2.75) is 39.2 Å². The van der Waals surface area contributed by atoms with Crippen LogP contribution in [0.15, 0.2) is 0 Å². The molecule has 1 aliphatic heterocycles. The van der Waals surface area contributed by atoms with Crippen molar-refractivity contribution in [3.8, 4) is 0 Å².